The number of carboxylic acid groups (broad SMARTS) is 1. The maximum absolute atomic E-state index is 11.1. The monoisotopic (exact) mass is 352 g/mol. The number of ether oxygens (including phenoxy) is 3. The molecule has 0 aromatic carbocycles. The van der Waals surface area contributed by atoms with Crippen molar-refractivity contribution in [3.63, 3.8) is 0 Å². The molecular weight excluding hydrogens is 332 g/mol. The molecule has 0 aromatic heterocycles. The first-order valence-corrected chi connectivity index (χ1v) is 6.96. The summed E-state index contributed by atoms with van der Waals surface area (Å²) in [7, 11) is 0. The number of rotatable bonds is 6. The van der Waals surface area contributed by atoms with Crippen molar-refractivity contribution in [2.75, 3.05) is 6.61 Å². The molecule has 138 valence electrons. The number of aliphatic hydroxyl groups excluding tert-OH is 3. The average molecular weight is 352 g/mol. The molecule has 0 aliphatic carbocycles. The second kappa shape index (κ2) is 7.85. The predicted molar refractivity (Wildman–Crippen MR) is 72.3 cm³/mol. The highest BCUT2D eigenvalue weighted by Gasteiger charge is 2.55. The van der Waals surface area contributed by atoms with Gasteiger partial charge in [-0.2, -0.15) is 0 Å². The van der Waals surface area contributed by atoms with Crippen LogP contribution in [-0.4, -0.2) is 86.4 Å². The summed E-state index contributed by atoms with van der Waals surface area (Å²) in [6.45, 7) is 1.40. The van der Waals surface area contributed by atoms with Gasteiger partial charge >= 0.3 is 17.9 Å². The fraction of sp³-hybridized carbons (Fsp3) is 0.769. The van der Waals surface area contributed by atoms with Crippen LogP contribution < -0.4 is 0 Å². The molecule has 1 unspecified atom stereocenters. The second-order valence-electron chi connectivity index (χ2n) is 5.38. The number of hydrogen-bond acceptors (Lipinski definition) is 10. The molecule has 1 fully saturated rings. The zero-order chi connectivity index (χ0) is 18.7. The standard InChI is InChI=1S/C13H20O11/c1-5(14)22-4-8(17)9(18)11-10(23-6(2)15)7(16)3-13(21,24-11)12(19)20/h7-11,16-18,21H,3-4H2,1-2H3,(H,19,20)/t7-,8+,9+,10+,11-,13?/m0/s1. The summed E-state index contributed by atoms with van der Waals surface area (Å²) in [5, 5.41) is 48.7. The first-order valence-electron chi connectivity index (χ1n) is 6.96. The van der Waals surface area contributed by atoms with Crippen LogP contribution in [0.3, 0.4) is 0 Å². The van der Waals surface area contributed by atoms with Gasteiger partial charge in [0.05, 0.1) is 6.10 Å². The van der Waals surface area contributed by atoms with Crippen molar-refractivity contribution in [2.45, 2.75) is 56.6 Å². The lowest BCUT2D eigenvalue weighted by molar-refractivity contribution is -0.314. The molecule has 1 aliphatic rings. The Hall–Kier alpha value is -1.79. The summed E-state index contributed by atoms with van der Waals surface area (Å²) < 4.78 is 14.2. The molecule has 0 radical (unpaired) electrons. The lowest BCUT2D eigenvalue weighted by Gasteiger charge is -2.43. The van der Waals surface area contributed by atoms with Crippen molar-refractivity contribution < 1.29 is 54.1 Å². The van der Waals surface area contributed by atoms with E-state index in [1.165, 1.54) is 0 Å². The van der Waals surface area contributed by atoms with E-state index in [-0.39, 0.29) is 0 Å². The highest BCUT2D eigenvalue weighted by Crippen LogP contribution is 2.32. The molecule has 11 heteroatoms. The van der Waals surface area contributed by atoms with Crippen LogP contribution >= 0.6 is 0 Å². The number of hydrogen-bond donors (Lipinski definition) is 5. The molecule has 11 nitrogen and oxygen atoms in total. The van der Waals surface area contributed by atoms with Gasteiger partial charge in [0.2, 0.25) is 0 Å². The fourth-order valence-corrected chi connectivity index (χ4v) is 2.22. The molecule has 6 atom stereocenters. The minimum atomic E-state index is -2.86. The van der Waals surface area contributed by atoms with Crippen molar-refractivity contribution in [1.29, 1.82) is 0 Å². The van der Waals surface area contributed by atoms with Gasteiger partial charge in [-0.15, -0.1) is 0 Å². The topological polar surface area (TPSA) is 180 Å². The van der Waals surface area contributed by atoms with Crippen molar-refractivity contribution in [3.05, 3.63) is 0 Å². The van der Waals surface area contributed by atoms with Crippen LogP contribution in [0.1, 0.15) is 20.3 Å². The molecule has 5 N–H and O–H groups in total. The van der Waals surface area contributed by atoms with E-state index in [9.17, 15) is 34.8 Å². The Bertz CT molecular complexity index is 492. The van der Waals surface area contributed by atoms with E-state index in [1.807, 2.05) is 0 Å². The smallest absolute Gasteiger partial charge is 0.364 e. The van der Waals surface area contributed by atoms with Crippen molar-refractivity contribution in [1.82, 2.24) is 0 Å². The summed E-state index contributed by atoms with van der Waals surface area (Å²) in [6.07, 6.45) is -9.55. The summed E-state index contributed by atoms with van der Waals surface area (Å²) >= 11 is 0. The van der Waals surface area contributed by atoms with Crippen LogP contribution in [-0.2, 0) is 28.6 Å². The third kappa shape index (κ3) is 4.85. The molecule has 1 saturated heterocycles. The van der Waals surface area contributed by atoms with Gasteiger partial charge in [0.1, 0.15) is 24.9 Å². The van der Waals surface area contributed by atoms with E-state index < -0.39 is 67.2 Å². The van der Waals surface area contributed by atoms with Crippen LogP contribution in [0, 0.1) is 0 Å². The third-order valence-electron chi connectivity index (χ3n) is 3.34. The second-order valence-corrected chi connectivity index (χ2v) is 5.38. The summed E-state index contributed by atoms with van der Waals surface area (Å²) in [5.74, 6) is -6.31. The van der Waals surface area contributed by atoms with Crippen LogP contribution in [0.4, 0.5) is 0 Å². The minimum Gasteiger partial charge on any atom is -0.477 e. The van der Waals surface area contributed by atoms with Gasteiger partial charge in [-0.3, -0.25) is 9.59 Å². The number of carbonyl (C=O) groups is 3. The number of carboxylic acids is 1. The molecule has 1 rings (SSSR count). The van der Waals surface area contributed by atoms with Gasteiger partial charge in [0, 0.05) is 20.3 Å². The SMILES string of the molecule is CC(=O)OC[C@@H](O)[C@@H](O)[C@@H]1OC(O)(C(=O)O)C[C@H](O)[C@H]1OC(C)=O. The van der Waals surface area contributed by atoms with Crippen molar-refractivity contribution in [3.8, 4) is 0 Å². The molecular formula is C13H20O11. The number of carbonyl (C=O) groups excluding carboxylic acids is 2. The number of esters is 2. The minimum absolute atomic E-state index is 0.662. The van der Waals surface area contributed by atoms with Crippen LogP contribution in [0.5, 0.6) is 0 Å². The van der Waals surface area contributed by atoms with Crippen LogP contribution in [0.2, 0.25) is 0 Å². The van der Waals surface area contributed by atoms with Crippen LogP contribution in [0.15, 0.2) is 0 Å². The number of aliphatic hydroxyl groups is 4. The van der Waals surface area contributed by atoms with Gasteiger partial charge < -0.3 is 39.7 Å². The summed E-state index contributed by atoms with van der Waals surface area (Å²) in [6, 6.07) is 0. The van der Waals surface area contributed by atoms with Crippen molar-refractivity contribution >= 4 is 17.9 Å². The maximum Gasteiger partial charge on any atom is 0.364 e. The Morgan fingerprint density at radius 1 is 1.25 bits per heavy atom. The summed E-state index contributed by atoms with van der Waals surface area (Å²) in [5.41, 5.74) is 0. The van der Waals surface area contributed by atoms with Gasteiger partial charge in [-0.1, -0.05) is 0 Å². The quantitative estimate of drug-likeness (QED) is 0.310. The Labute approximate surface area is 136 Å². The van der Waals surface area contributed by atoms with E-state index in [2.05, 4.69) is 4.74 Å². The Morgan fingerprint density at radius 2 is 1.83 bits per heavy atom. The zero-order valence-electron chi connectivity index (χ0n) is 13.0. The lowest BCUT2D eigenvalue weighted by Crippen LogP contribution is -2.64. The van der Waals surface area contributed by atoms with Gasteiger partial charge in [0.15, 0.2) is 6.10 Å². The molecule has 0 spiro atoms. The van der Waals surface area contributed by atoms with E-state index in [4.69, 9.17) is 14.6 Å². The molecule has 0 amide bonds. The van der Waals surface area contributed by atoms with E-state index in [0.717, 1.165) is 13.8 Å². The average Bonchev–Trinajstić information content (AvgIpc) is 2.46. The van der Waals surface area contributed by atoms with Crippen molar-refractivity contribution in [2.24, 2.45) is 0 Å². The summed E-state index contributed by atoms with van der Waals surface area (Å²) in [4.78, 5) is 32.9. The predicted octanol–water partition coefficient (Wildman–Crippen LogP) is -2.87. The largest absolute Gasteiger partial charge is 0.477 e. The molecule has 1 aliphatic heterocycles. The highest BCUT2D eigenvalue weighted by atomic mass is 16.7. The Balaban J connectivity index is 3.01. The van der Waals surface area contributed by atoms with E-state index in [0.29, 0.717) is 0 Å². The molecule has 0 bridgehead atoms. The van der Waals surface area contributed by atoms with Crippen LogP contribution in [0.25, 0.3) is 0 Å². The Morgan fingerprint density at radius 3 is 2.29 bits per heavy atom. The third-order valence-corrected chi connectivity index (χ3v) is 3.34. The molecule has 24 heavy (non-hydrogen) atoms. The fourth-order valence-electron chi connectivity index (χ4n) is 2.22. The van der Waals surface area contributed by atoms with E-state index >= 15 is 0 Å². The van der Waals surface area contributed by atoms with E-state index in [1.54, 1.807) is 0 Å². The van der Waals surface area contributed by atoms with Gasteiger partial charge in [-0.25, -0.2) is 4.79 Å². The van der Waals surface area contributed by atoms with Gasteiger partial charge in [0.25, 0.3) is 5.79 Å². The zero-order valence-corrected chi connectivity index (χ0v) is 13.0. The highest BCUT2D eigenvalue weighted by molar-refractivity contribution is 5.75. The normalized spacial score (nSPS) is 32.5. The molecule has 1 heterocycles. The molecule has 0 saturated carbocycles. The number of aliphatic carboxylic acids is 1. The first kappa shape index (κ1) is 20.3. The Kier molecular flexibility index (Phi) is 6.63. The first-order chi connectivity index (χ1) is 11.0. The molecule has 0 aromatic rings. The lowest BCUT2D eigenvalue weighted by atomic mass is 9.90. The maximum atomic E-state index is 11.1. The van der Waals surface area contributed by atoms with Gasteiger partial charge in [-0.05, 0) is 0 Å².